The van der Waals surface area contributed by atoms with Crippen molar-refractivity contribution in [1.82, 2.24) is 14.8 Å². The van der Waals surface area contributed by atoms with Crippen molar-refractivity contribution >= 4 is 11.7 Å². The summed E-state index contributed by atoms with van der Waals surface area (Å²) in [5, 5.41) is 2.99. The zero-order valence-corrected chi connectivity index (χ0v) is 13.7. The van der Waals surface area contributed by atoms with Crippen LogP contribution in [0.5, 0.6) is 0 Å². The quantitative estimate of drug-likeness (QED) is 0.944. The topological polar surface area (TPSA) is 48.5 Å². The Bertz CT molecular complexity index is 710. The van der Waals surface area contributed by atoms with Gasteiger partial charge in [-0.15, -0.1) is 0 Å². The first-order chi connectivity index (χ1) is 11.8. The molecule has 0 unspecified atom stereocenters. The highest BCUT2D eigenvalue weighted by Gasteiger charge is 2.31. The number of rotatable bonds is 3. The summed E-state index contributed by atoms with van der Waals surface area (Å²) in [6.45, 7) is 3.72. The summed E-state index contributed by atoms with van der Waals surface area (Å²) in [4.78, 5) is 21.0. The third kappa shape index (κ3) is 3.12. The fourth-order valence-electron chi connectivity index (χ4n) is 3.64. The third-order valence-electron chi connectivity index (χ3n) is 4.99. The second kappa shape index (κ2) is 6.61. The van der Waals surface area contributed by atoms with E-state index in [1.165, 1.54) is 5.56 Å². The summed E-state index contributed by atoms with van der Waals surface area (Å²) in [7, 11) is 0. The van der Waals surface area contributed by atoms with E-state index in [9.17, 15) is 4.79 Å². The molecule has 5 nitrogen and oxygen atoms in total. The molecule has 2 amide bonds. The highest BCUT2D eigenvalue weighted by atomic mass is 16.2. The molecule has 1 fully saturated rings. The molecule has 124 valence electrons. The molecule has 2 aliphatic rings. The molecule has 4 rings (SSSR count). The molecule has 2 aromatic rings. The molecule has 0 radical (unpaired) electrons. The predicted molar refractivity (Wildman–Crippen MR) is 93.5 cm³/mol. The van der Waals surface area contributed by atoms with Gasteiger partial charge in [-0.2, -0.15) is 0 Å². The first-order valence-corrected chi connectivity index (χ1v) is 8.56. The number of urea groups is 1. The lowest BCUT2D eigenvalue weighted by molar-refractivity contribution is 0.118. The molecule has 5 heteroatoms. The Morgan fingerprint density at radius 3 is 2.71 bits per heavy atom. The van der Waals surface area contributed by atoms with Crippen LogP contribution in [0.3, 0.4) is 0 Å². The van der Waals surface area contributed by atoms with Gasteiger partial charge in [0.25, 0.3) is 0 Å². The van der Waals surface area contributed by atoms with Gasteiger partial charge < -0.3 is 10.2 Å². The predicted octanol–water partition coefficient (Wildman–Crippen LogP) is 3.09. The maximum atomic E-state index is 12.4. The number of amides is 2. The van der Waals surface area contributed by atoms with Crippen LogP contribution < -0.4 is 5.32 Å². The lowest BCUT2D eigenvalue weighted by Crippen LogP contribution is -2.50. The summed E-state index contributed by atoms with van der Waals surface area (Å²) in [6.07, 6.45) is 5.62. The monoisotopic (exact) mass is 322 g/mol. The largest absolute Gasteiger partial charge is 0.322 e. The normalized spacial score (nSPS) is 19.0. The number of likely N-dealkylation sites (tertiary alicyclic amines) is 1. The van der Waals surface area contributed by atoms with Crippen molar-refractivity contribution in [2.24, 2.45) is 0 Å². The fourth-order valence-corrected chi connectivity index (χ4v) is 3.64. The number of pyridine rings is 1. The molecule has 0 bridgehead atoms. The minimum Gasteiger partial charge on any atom is -0.317 e. The molecule has 0 atom stereocenters. The van der Waals surface area contributed by atoms with E-state index in [1.807, 2.05) is 17.2 Å². The van der Waals surface area contributed by atoms with Crippen molar-refractivity contribution in [2.45, 2.75) is 32.0 Å². The van der Waals surface area contributed by atoms with Gasteiger partial charge in [0, 0.05) is 43.6 Å². The van der Waals surface area contributed by atoms with Gasteiger partial charge in [-0.3, -0.25) is 9.88 Å². The maximum Gasteiger partial charge on any atom is 0.322 e. The molecule has 24 heavy (non-hydrogen) atoms. The van der Waals surface area contributed by atoms with E-state index in [0.29, 0.717) is 12.6 Å². The van der Waals surface area contributed by atoms with Crippen molar-refractivity contribution in [1.29, 1.82) is 0 Å². The van der Waals surface area contributed by atoms with E-state index in [2.05, 4.69) is 45.5 Å². The van der Waals surface area contributed by atoms with Gasteiger partial charge in [-0.1, -0.05) is 30.3 Å². The van der Waals surface area contributed by atoms with Gasteiger partial charge in [0.05, 0.1) is 12.2 Å². The third-order valence-corrected chi connectivity index (χ3v) is 4.99. The zero-order chi connectivity index (χ0) is 16.4. The van der Waals surface area contributed by atoms with Crippen LogP contribution in [-0.2, 0) is 13.1 Å². The number of hydrogen-bond donors (Lipinski definition) is 1. The Morgan fingerprint density at radius 2 is 1.92 bits per heavy atom. The summed E-state index contributed by atoms with van der Waals surface area (Å²) >= 11 is 0. The van der Waals surface area contributed by atoms with Crippen LogP contribution in [0, 0.1) is 0 Å². The van der Waals surface area contributed by atoms with Gasteiger partial charge >= 0.3 is 6.03 Å². The van der Waals surface area contributed by atoms with Gasteiger partial charge in [0.15, 0.2) is 0 Å². The number of nitrogens with zero attached hydrogens (tertiary/aromatic N) is 3. The van der Waals surface area contributed by atoms with Crippen molar-refractivity contribution < 1.29 is 4.79 Å². The number of piperidine rings is 1. The Hall–Kier alpha value is -2.40. The van der Waals surface area contributed by atoms with E-state index in [0.717, 1.165) is 43.7 Å². The molecule has 0 aliphatic carbocycles. The summed E-state index contributed by atoms with van der Waals surface area (Å²) in [5.41, 5.74) is 3.35. The summed E-state index contributed by atoms with van der Waals surface area (Å²) in [5.74, 6) is 0. The number of aromatic nitrogens is 1. The highest BCUT2D eigenvalue weighted by Crippen LogP contribution is 2.27. The Labute approximate surface area is 142 Å². The van der Waals surface area contributed by atoms with Gasteiger partial charge in [-0.05, 0) is 24.5 Å². The number of hydrogen-bond acceptors (Lipinski definition) is 3. The second-order valence-electron chi connectivity index (χ2n) is 6.58. The average molecular weight is 322 g/mol. The van der Waals surface area contributed by atoms with Crippen molar-refractivity contribution in [3.63, 3.8) is 0 Å². The molecule has 2 aliphatic heterocycles. The van der Waals surface area contributed by atoms with Crippen LogP contribution in [0.4, 0.5) is 10.5 Å². The molecular formula is C19H22N4O. The van der Waals surface area contributed by atoms with Crippen LogP contribution >= 0.6 is 0 Å². The molecule has 1 N–H and O–H groups in total. The standard InChI is InChI=1S/C19H22N4O/c24-19-21-18-6-9-20-12-16(18)14-23(19)17-7-10-22(11-8-17)13-15-4-2-1-3-5-15/h1-6,9,12,17H,7-8,10-11,13-14H2,(H,21,24). The van der Waals surface area contributed by atoms with Crippen LogP contribution in [0.25, 0.3) is 0 Å². The number of anilines is 1. The van der Waals surface area contributed by atoms with Crippen molar-refractivity contribution in [3.05, 3.63) is 59.9 Å². The zero-order valence-electron chi connectivity index (χ0n) is 13.7. The molecule has 3 heterocycles. The maximum absolute atomic E-state index is 12.4. The highest BCUT2D eigenvalue weighted by molar-refractivity contribution is 5.92. The summed E-state index contributed by atoms with van der Waals surface area (Å²) < 4.78 is 0. The van der Waals surface area contributed by atoms with Gasteiger partial charge in [0.1, 0.15) is 0 Å². The number of fused-ring (bicyclic) bond motifs is 1. The number of carbonyl (C=O) groups excluding carboxylic acids is 1. The second-order valence-corrected chi connectivity index (χ2v) is 6.58. The smallest absolute Gasteiger partial charge is 0.317 e. The van der Waals surface area contributed by atoms with E-state index in [1.54, 1.807) is 6.20 Å². The minimum atomic E-state index is 0.0233. The van der Waals surface area contributed by atoms with Crippen LogP contribution in [-0.4, -0.2) is 39.9 Å². The molecule has 1 aromatic carbocycles. The number of benzene rings is 1. The lowest BCUT2D eigenvalue weighted by Gasteiger charge is -2.40. The Balaban J connectivity index is 1.37. The van der Waals surface area contributed by atoms with E-state index in [4.69, 9.17) is 0 Å². The summed E-state index contributed by atoms with van der Waals surface area (Å²) in [6, 6.07) is 12.8. The SMILES string of the molecule is O=C1Nc2ccncc2CN1C1CCN(Cc2ccccc2)CC1. The van der Waals surface area contributed by atoms with Crippen molar-refractivity contribution in [2.75, 3.05) is 18.4 Å². The molecule has 1 saturated heterocycles. The first-order valence-electron chi connectivity index (χ1n) is 8.56. The lowest BCUT2D eigenvalue weighted by atomic mass is 10.0. The van der Waals surface area contributed by atoms with Crippen LogP contribution in [0.15, 0.2) is 48.8 Å². The fraction of sp³-hybridized carbons (Fsp3) is 0.368. The molecule has 0 spiro atoms. The number of nitrogens with one attached hydrogen (secondary N) is 1. The molecular weight excluding hydrogens is 300 g/mol. The van der Waals surface area contributed by atoms with Gasteiger partial charge in [0.2, 0.25) is 0 Å². The van der Waals surface area contributed by atoms with E-state index in [-0.39, 0.29) is 6.03 Å². The Morgan fingerprint density at radius 1 is 1.12 bits per heavy atom. The number of carbonyl (C=O) groups is 1. The van der Waals surface area contributed by atoms with Gasteiger partial charge in [-0.25, -0.2) is 4.79 Å². The van der Waals surface area contributed by atoms with E-state index < -0.39 is 0 Å². The van der Waals surface area contributed by atoms with Crippen LogP contribution in [0.2, 0.25) is 0 Å². The van der Waals surface area contributed by atoms with E-state index >= 15 is 0 Å². The molecule has 1 aromatic heterocycles. The van der Waals surface area contributed by atoms with Crippen LogP contribution in [0.1, 0.15) is 24.0 Å². The van der Waals surface area contributed by atoms with Crippen molar-refractivity contribution in [3.8, 4) is 0 Å². The molecule has 0 saturated carbocycles. The Kier molecular flexibility index (Phi) is 4.17. The minimum absolute atomic E-state index is 0.0233. The first kappa shape index (κ1) is 15.1. The average Bonchev–Trinajstić information content (AvgIpc) is 2.63.